The summed E-state index contributed by atoms with van der Waals surface area (Å²) in [5.74, 6) is -1.21. The quantitative estimate of drug-likeness (QED) is 0.831. The normalized spacial score (nSPS) is 9.40. The molecule has 0 aliphatic heterocycles. The van der Waals surface area contributed by atoms with E-state index in [9.17, 15) is 9.59 Å². The number of aliphatic carboxylic acids is 1. The zero-order chi connectivity index (χ0) is 11.3. The first-order chi connectivity index (χ1) is 7.08. The summed E-state index contributed by atoms with van der Waals surface area (Å²) in [5.41, 5.74) is 0.481. The minimum Gasteiger partial charge on any atom is -0.479 e. The molecule has 0 radical (unpaired) electrons. The molecular weight excluding hydrogens is 222 g/mol. The van der Waals surface area contributed by atoms with E-state index in [1.807, 2.05) is 0 Å². The number of carboxylic acid groups (broad SMARTS) is 1. The van der Waals surface area contributed by atoms with E-state index in [0.29, 0.717) is 10.7 Å². The summed E-state index contributed by atoms with van der Waals surface area (Å²) >= 11 is 5.63. The second-order valence-electron chi connectivity index (χ2n) is 2.60. The summed E-state index contributed by atoms with van der Waals surface area (Å²) in [7, 11) is 0. The lowest BCUT2D eigenvalue weighted by Gasteiger charge is -2.04. The van der Waals surface area contributed by atoms with Gasteiger partial charge in [-0.25, -0.2) is 9.59 Å². The lowest BCUT2D eigenvalue weighted by Crippen LogP contribution is -2.18. The van der Waals surface area contributed by atoms with Crippen molar-refractivity contribution in [2.45, 2.75) is 0 Å². The number of amides is 1. The number of carbonyl (C=O) groups excluding carboxylic acids is 1. The van der Waals surface area contributed by atoms with Crippen LogP contribution in [0.5, 0.6) is 0 Å². The van der Waals surface area contributed by atoms with Gasteiger partial charge in [-0.05, 0) is 24.3 Å². The molecule has 0 heterocycles. The Morgan fingerprint density at radius 1 is 1.33 bits per heavy atom. The van der Waals surface area contributed by atoms with Gasteiger partial charge in [-0.15, -0.1) is 0 Å². The van der Waals surface area contributed by atoms with E-state index in [4.69, 9.17) is 16.7 Å². The number of carboxylic acids is 1. The summed E-state index contributed by atoms with van der Waals surface area (Å²) in [6, 6.07) is 6.33. The molecule has 6 heteroatoms. The number of hydrogen-bond donors (Lipinski definition) is 2. The number of ether oxygens (including phenoxy) is 1. The molecule has 0 fully saturated rings. The Hall–Kier alpha value is -1.75. The van der Waals surface area contributed by atoms with Crippen molar-refractivity contribution < 1.29 is 19.4 Å². The molecule has 1 aromatic carbocycles. The van der Waals surface area contributed by atoms with Crippen molar-refractivity contribution in [1.82, 2.24) is 0 Å². The monoisotopic (exact) mass is 229 g/mol. The Morgan fingerprint density at radius 3 is 2.47 bits per heavy atom. The molecule has 0 unspecified atom stereocenters. The smallest absolute Gasteiger partial charge is 0.412 e. The first-order valence-electron chi connectivity index (χ1n) is 3.99. The van der Waals surface area contributed by atoms with Crippen molar-refractivity contribution >= 4 is 29.4 Å². The van der Waals surface area contributed by atoms with E-state index in [1.165, 1.54) is 0 Å². The van der Waals surface area contributed by atoms with Crippen LogP contribution in [0.1, 0.15) is 0 Å². The zero-order valence-electron chi connectivity index (χ0n) is 7.57. The topological polar surface area (TPSA) is 75.6 Å². The highest BCUT2D eigenvalue weighted by molar-refractivity contribution is 6.30. The maximum Gasteiger partial charge on any atom is 0.412 e. The lowest BCUT2D eigenvalue weighted by molar-refractivity contribution is -0.140. The predicted octanol–water partition coefficient (Wildman–Crippen LogP) is 1.97. The van der Waals surface area contributed by atoms with E-state index < -0.39 is 18.7 Å². The van der Waals surface area contributed by atoms with Gasteiger partial charge in [0.05, 0.1) is 0 Å². The molecule has 80 valence electrons. The number of anilines is 1. The summed E-state index contributed by atoms with van der Waals surface area (Å²) in [6.45, 7) is -0.667. The first kappa shape index (κ1) is 11.3. The minimum atomic E-state index is -1.21. The van der Waals surface area contributed by atoms with Crippen molar-refractivity contribution in [3.8, 4) is 0 Å². The molecule has 15 heavy (non-hydrogen) atoms. The molecule has 1 rings (SSSR count). The van der Waals surface area contributed by atoms with Gasteiger partial charge in [-0.2, -0.15) is 0 Å². The van der Waals surface area contributed by atoms with Crippen LogP contribution in [0, 0.1) is 0 Å². The van der Waals surface area contributed by atoms with Crippen LogP contribution in [-0.2, 0) is 9.53 Å². The fraction of sp³-hybridized carbons (Fsp3) is 0.111. The molecule has 0 saturated carbocycles. The van der Waals surface area contributed by atoms with Gasteiger partial charge in [0.15, 0.2) is 6.61 Å². The molecule has 0 aliphatic rings. The molecule has 2 N–H and O–H groups in total. The number of halogens is 1. The fourth-order valence-corrected chi connectivity index (χ4v) is 0.940. The van der Waals surface area contributed by atoms with Crippen LogP contribution >= 0.6 is 11.6 Å². The molecule has 5 nitrogen and oxygen atoms in total. The van der Waals surface area contributed by atoms with Crippen LogP contribution in [-0.4, -0.2) is 23.8 Å². The van der Waals surface area contributed by atoms with Gasteiger partial charge < -0.3 is 9.84 Å². The number of carbonyl (C=O) groups is 2. The number of rotatable bonds is 3. The fourth-order valence-electron chi connectivity index (χ4n) is 0.814. The van der Waals surface area contributed by atoms with Crippen LogP contribution in [0.15, 0.2) is 24.3 Å². The molecule has 0 aromatic heterocycles. The Kier molecular flexibility index (Phi) is 3.93. The van der Waals surface area contributed by atoms with Crippen LogP contribution in [0.25, 0.3) is 0 Å². The maximum atomic E-state index is 11.0. The molecule has 0 atom stereocenters. The summed E-state index contributed by atoms with van der Waals surface area (Å²) in [5, 5.41) is 11.1. The zero-order valence-corrected chi connectivity index (χ0v) is 8.32. The van der Waals surface area contributed by atoms with Crippen molar-refractivity contribution in [2.24, 2.45) is 0 Å². The van der Waals surface area contributed by atoms with Gasteiger partial charge in [0.2, 0.25) is 0 Å². The van der Waals surface area contributed by atoms with Crippen LogP contribution in [0.4, 0.5) is 10.5 Å². The van der Waals surface area contributed by atoms with Crippen LogP contribution in [0.2, 0.25) is 5.02 Å². The molecule has 0 aliphatic carbocycles. The molecule has 0 bridgehead atoms. The summed E-state index contributed by atoms with van der Waals surface area (Å²) < 4.78 is 4.36. The molecule has 1 amide bonds. The highest BCUT2D eigenvalue weighted by Crippen LogP contribution is 2.13. The molecule has 0 saturated heterocycles. The van der Waals surface area contributed by atoms with Gasteiger partial charge >= 0.3 is 12.1 Å². The second-order valence-corrected chi connectivity index (χ2v) is 3.04. The minimum absolute atomic E-state index is 0.481. The second kappa shape index (κ2) is 5.21. The highest BCUT2D eigenvalue weighted by Gasteiger charge is 2.05. The Morgan fingerprint density at radius 2 is 1.93 bits per heavy atom. The Balaban J connectivity index is 2.44. The number of hydrogen-bond acceptors (Lipinski definition) is 3. The van der Waals surface area contributed by atoms with Crippen LogP contribution in [0.3, 0.4) is 0 Å². The number of nitrogens with one attached hydrogen (secondary N) is 1. The van der Waals surface area contributed by atoms with Crippen molar-refractivity contribution in [3.63, 3.8) is 0 Å². The van der Waals surface area contributed by atoms with E-state index in [-0.39, 0.29) is 0 Å². The number of benzene rings is 1. The molecular formula is C9H8ClNO4. The van der Waals surface area contributed by atoms with E-state index in [1.54, 1.807) is 24.3 Å². The third-order valence-corrected chi connectivity index (χ3v) is 1.67. The third-order valence-electron chi connectivity index (χ3n) is 1.42. The van der Waals surface area contributed by atoms with Gasteiger partial charge in [0, 0.05) is 10.7 Å². The average Bonchev–Trinajstić information content (AvgIpc) is 2.19. The van der Waals surface area contributed by atoms with Gasteiger partial charge in [0.25, 0.3) is 0 Å². The molecule has 0 spiro atoms. The summed E-state index contributed by atoms with van der Waals surface area (Å²) in [6.07, 6.45) is -0.820. The van der Waals surface area contributed by atoms with Gasteiger partial charge in [-0.1, -0.05) is 11.6 Å². The van der Waals surface area contributed by atoms with Crippen molar-refractivity contribution in [2.75, 3.05) is 11.9 Å². The summed E-state index contributed by atoms with van der Waals surface area (Å²) in [4.78, 5) is 21.1. The Labute approximate surface area is 90.6 Å². The molecule has 1 aromatic rings. The third kappa shape index (κ3) is 4.33. The standard InChI is InChI=1S/C9H8ClNO4/c10-6-1-3-7(4-2-6)11-9(14)15-5-8(12)13/h1-4H,5H2,(H,11,14)(H,12,13). The van der Waals surface area contributed by atoms with Crippen molar-refractivity contribution in [1.29, 1.82) is 0 Å². The highest BCUT2D eigenvalue weighted by atomic mass is 35.5. The average molecular weight is 230 g/mol. The first-order valence-corrected chi connectivity index (χ1v) is 4.37. The largest absolute Gasteiger partial charge is 0.479 e. The maximum absolute atomic E-state index is 11.0. The van der Waals surface area contributed by atoms with E-state index in [2.05, 4.69) is 10.1 Å². The predicted molar refractivity (Wildman–Crippen MR) is 54.1 cm³/mol. The lowest BCUT2D eigenvalue weighted by atomic mass is 10.3. The SMILES string of the molecule is O=C(O)COC(=O)Nc1ccc(Cl)cc1. The van der Waals surface area contributed by atoms with E-state index in [0.717, 1.165) is 0 Å². The van der Waals surface area contributed by atoms with Crippen molar-refractivity contribution in [3.05, 3.63) is 29.3 Å². The van der Waals surface area contributed by atoms with Crippen LogP contribution < -0.4 is 5.32 Å². The van der Waals surface area contributed by atoms with Gasteiger partial charge in [-0.3, -0.25) is 5.32 Å². The van der Waals surface area contributed by atoms with E-state index >= 15 is 0 Å². The Bertz CT molecular complexity index is 363. The van der Waals surface area contributed by atoms with Gasteiger partial charge in [0.1, 0.15) is 0 Å².